The van der Waals surface area contributed by atoms with Crippen LogP contribution in [0.1, 0.15) is 29.3 Å². The van der Waals surface area contributed by atoms with Gasteiger partial charge in [-0.25, -0.2) is 20.1 Å². The first-order valence-electron chi connectivity index (χ1n) is 10.3. The van der Waals surface area contributed by atoms with Crippen LogP contribution in [-0.4, -0.2) is 45.0 Å². The first-order chi connectivity index (χ1) is 15.7. The highest BCUT2D eigenvalue weighted by molar-refractivity contribution is 7.17. The van der Waals surface area contributed by atoms with E-state index in [1.807, 2.05) is 60.7 Å². The molecule has 0 fully saturated rings. The lowest BCUT2D eigenvalue weighted by Gasteiger charge is -2.16. The van der Waals surface area contributed by atoms with E-state index in [1.54, 1.807) is 17.1 Å². The number of aromatic nitrogens is 4. The van der Waals surface area contributed by atoms with Gasteiger partial charge < -0.3 is 4.90 Å². The zero-order valence-electron chi connectivity index (χ0n) is 17.8. The van der Waals surface area contributed by atoms with Gasteiger partial charge in [0.15, 0.2) is 11.0 Å². The summed E-state index contributed by atoms with van der Waals surface area (Å²) >= 11 is 1.52. The molecule has 0 saturated carbocycles. The maximum Gasteiger partial charge on any atom is 0.311 e. The molecule has 0 saturated heterocycles. The van der Waals surface area contributed by atoms with Gasteiger partial charge in [-0.3, -0.25) is 4.79 Å². The van der Waals surface area contributed by atoms with E-state index in [4.69, 9.17) is 0 Å². The van der Waals surface area contributed by atoms with Crippen LogP contribution in [0.3, 0.4) is 0 Å². The number of benzene rings is 2. The Morgan fingerprint density at radius 3 is 2.47 bits per heavy atom. The molecule has 0 aliphatic rings. The minimum atomic E-state index is -0.485. The molecule has 0 radical (unpaired) electrons. The number of rotatable bonds is 8. The minimum Gasteiger partial charge on any atom is -0.349 e. The third kappa shape index (κ3) is 4.73. The highest BCUT2D eigenvalue weighted by Crippen LogP contribution is 2.22. The number of hydrazone groups is 1. The average Bonchev–Trinajstić information content (AvgIpc) is 3.49. The van der Waals surface area contributed by atoms with Crippen molar-refractivity contribution in [3.8, 4) is 17.1 Å². The summed E-state index contributed by atoms with van der Waals surface area (Å²) in [4.78, 5) is 24.6. The Labute approximate surface area is 190 Å². The van der Waals surface area contributed by atoms with Crippen LogP contribution >= 0.6 is 11.3 Å². The second-order valence-electron chi connectivity index (χ2n) is 6.79. The molecule has 8 nitrogen and oxygen atoms in total. The third-order valence-electron chi connectivity index (χ3n) is 4.75. The van der Waals surface area contributed by atoms with Crippen LogP contribution in [0.15, 0.2) is 72.0 Å². The van der Waals surface area contributed by atoms with Crippen molar-refractivity contribution >= 4 is 28.6 Å². The summed E-state index contributed by atoms with van der Waals surface area (Å²) in [6.45, 7) is 5.95. The summed E-state index contributed by atoms with van der Waals surface area (Å²) in [6.07, 6.45) is 3.32. The van der Waals surface area contributed by atoms with Crippen LogP contribution in [0.4, 0.5) is 5.13 Å². The zero-order chi connectivity index (χ0) is 22.3. The summed E-state index contributed by atoms with van der Waals surface area (Å²) < 4.78 is 1.66. The van der Waals surface area contributed by atoms with Gasteiger partial charge in [0.05, 0.1) is 16.8 Å². The largest absolute Gasteiger partial charge is 0.349 e. The maximum absolute atomic E-state index is 12.7. The number of amides is 1. The second kappa shape index (κ2) is 9.97. The maximum atomic E-state index is 12.7. The van der Waals surface area contributed by atoms with Crippen molar-refractivity contribution in [2.45, 2.75) is 13.8 Å². The Balaban J connectivity index is 1.54. The second-order valence-corrected chi connectivity index (χ2v) is 7.83. The van der Waals surface area contributed by atoms with Gasteiger partial charge in [-0.15, -0.1) is 5.10 Å². The standard InChI is InChI=1S/C23H23N7OS/c1-3-29(4-2)23-24-15-19(32-23)16-25-27-22(31)20-26-21(17-11-7-5-8-12-17)30(28-20)18-13-9-6-10-14-18/h5-16H,3-4H2,1-2H3,(H,27,31)/b25-16+. The van der Waals surface area contributed by atoms with Gasteiger partial charge in [-0.05, 0) is 26.0 Å². The van der Waals surface area contributed by atoms with E-state index in [9.17, 15) is 4.79 Å². The summed E-state index contributed by atoms with van der Waals surface area (Å²) in [5, 5.41) is 9.43. The molecule has 162 valence electrons. The first kappa shape index (κ1) is 21.4. The number of carbonyl (C=O) groups is 1. The van der Waals surface area contributed by atoms with E-state index in [2.05, 4.69) is 44.3 Å². The minimum absolute atomic E-state index is 0.0398. The molecule has 2 aromatic carbocycles. The molecule has 4 rings (SSSR count). The van der Waals surface area contributed by atoms with Crippen molar-refractivity contribution in [1.29, 1.82) is 0 Å². The first-order valence-corrected chi connectivity index (χ1v) is 11.1. The van der Waals surface area contributed by atoms with E-state index in [0.717, 1.165) is 34.3 Å². The Bertz CT molecular complexity index is 1140. The molecule has 0 atom stereocenters. The van der Waals surface area contributed by atoms with Gasteiger partial charge in [0.1, 0.15) is 0 Å². The monoisotopic (exact) mass is 445 g/mol. The molecular weight excluding hydrogens is 422 g/mol. The van der Waals surface area contributed by atoms with Gasteiger partial charge in [-0.1, -0.05) is 59.9 Å². The van der Waals surface area contributed by atoms with Gasteiger partial charge in [-0.2, -0.15) is 5.10 Å². The Kier molecular flexibility index (Phi) is 6.66. The molecule has 1 amide bonds. The molecule has 0 spiro atoms. The van der Waals surface area contributed by atoms with Crippen molar-refractivity contribution in [3.05, 3.63) is 77.6 Å². The molecule has 0 bridgehead atoms. The summed E-state index contributed by atoms with van der Waals surface area (Å²) in [7, 11) is 0. The number of carbonyl (C=O) groups excluding carboxylic acids is 1. The molecular formula is C23H23N7OS. The predicted molar refractivity (Wildman–Crippen MR) is 128 cm³/mol. The lowest BCUT2D eigenvalue weighted by Crippen LogP contribution is -2.21. The van der Waals surface area contributed by atoms with Crippen LogP contribution < -0.4 is 10.3 Å². The molecule has 9 heteroatoms. The van der Waals surface area contributed by atoms with E-state index >= 15 is 0 Å². The average molecular weight is 446 g/mol. The highest BCUT2D eigenvalue weighted by atomic mass is 32.1. The van der Waals surface area contributed by atoms with Gasteiger partial charge >= 0.3 is 5.91 Å². The van der Waals surface area contributed by atoms with Crippen LogP contribution in [0.2, 0.25) is 0 Å². The number of thiazole rings is 1. The Hall–Kier alpha value is -3.85. The summed E-state index contributed by atoms with van der Waals surface area (Å²) in [5.41, 5.74) is 4.19. The summed E-state index contributed by atoms with van der Waals surface area (Å²) in [6, 6.07) is 19.2. The number of anilines is 1. The number of para-hydroxylation sites is 1. The van der Waals surface area contributed by atoms with E-state index in [0.29, 0.717) is 5.82 Å². The lowest BCUT2D eigenvalue weighted by molar-refractivity contribution is 0.0945. The molecule has 2 aromatic heterocycles. The molecule has 0 unspecified atom stereocenters. The highest BCUT2D eigenvalue weighted by Gasteiger charge is 2.18. The zero-order valence-corrected chi connectivity index (χ0v) is 18.7. The summed E-state index contributed by atoms with van der Waals surface area (Å²) in [5.74, 6) is 0.136. The topological polar surface area (TPSA) is 88.3 Å². The van der Waals surface area contributed by atoms with Crippen molar-refractivity contribution in [3.63, 3.8) is 0 Å². The smallest absolute Gasteiger partial charge is 0.311 e. The SMILES string of the molecule is CCN(CC)c1ncc(/C=N/NC(=O)c2nc(-c3ccccc3)n(-c3ccccc3)n2)s1. The normalized spacial score (nSPS) is 11.1. The molecule has 4 aromatic rings. The fourth-order valence-electron chi connectivity index (χ4n) is 3.11. The number of hydrogen-bond acceptors (Lipinski definition) is 7. The third-order valence-corrected chi connectivity index (χ3v) is 5.74. The van der Waals surface area contributed by atoms with Crippen molar-refractivity contribution in [1.82, 2.24) is 25.2 Å². The molecule has 0 aliphatic heterocycles. The van der Waals surface area contributed by atoms with Crippen molar-refractivity contribution in [2.24, 2.45) is 5.10 Å². The van der Waals surface area contributed by atoms with Crippen molar-refractivity contribution < 1.29 is 4.79 Å². The van der Waals surface area contributed by atoms with E-state index in [1.165, 1.54) is 11.3 Å². The molecule has 32 heavy (non-hydrogen) atoms. The van der Waals surface area contributed by atoms with Gasteiger partial charge in [0.2, 0.25) is 5.82 Å². The van der Waals surface area contributed by atoms with Crippen LogP contribution in [0.5, 0.6) is 0 Å². The van der Waals surface area contributed by atoms with Gasteiger partial charge in [0.25, 0.3) is 0 Å². The lowest BCUT2D eigenvalue weighted by atomic mass is 10.2. The Morgan fingerprint density at radius 2 is 1.78 bits per heavy atom. The van der Waals surface area contributed by atoms with Crippen LogP contribution in [0, 0.1) is 0 Å². The molecule has 0 aliphatic carbocycles. The number of hydrogen-bond donors (Lipinski definition) is 1. The molecule has 2 heterocycles. The van der Waals surface area contributed by atoms with Crippen LogP contribution in [0.25, 0.3) is 17.1 Å². The van der Waals surface area contributed by atoms with Crippen LogP contribution in [-0.2, 0) is 0 Å². The van der Waals surface area contributed by atoms with Gasteiger partial charge in [0, 0.05) is 24.8 Å². The predicted octanol–water partition coefficient (Wildman–Crippen LogP) is 4.00. The fourth-order valence-corrected chi connectivity index (χ4v) is 4.03. The fraction of sp³-hybridized carbons (Fsp3) is 0.174. The quantitative estimate of drug-likeness (QED) is 0.327. The molecule has 1 N–H and O–H groups in total. The number of nitrogens with one attached hydrogen (secondary N) is 1. The van der Waals surface area contributed by atoms with E-state index < -0.39 is 5.91 Å². The van der Waals surface area contributed by atoms with E-state index in [-0.39, 0.29) is 5.82 Å². The number of nitrogens with zero attached hydrogens (tertiary/aromatic N) is 6. The Morgan fingerprint density at radius 1 is 1.09 bits per heavy atom. The van der Waals surface area contributed by atoms with Crippen molar-refractivity contribution in [2.75, 3.05) is 18.0 Å².